The predicted molar refractivity (Wildman–Crippen MR) is 91.0 cm³/mol. The fourth-order valence-corrected chi connectivity index (χ4v) is 3.50. The topological polar surface area (TPSA) is 60.2 Å². The minimum Gasteiger partial charge on any atom is -0.491 e. The van der Waals surface area contributed by atoms with Gasteiger partial charge in [-0.1, -0.05) is 35.9 Å². The second kappa shape index (κ2) is 7.84. The molecule has 0 bridgehead atoms. The van der Waals surface area contributed by atoms with E-state index in [1.54, 1.807) is 11.8 Å². The van der Waals surface area contributed by atoms with E-state index in [1.165, 1.54) is 24.8 Å². The minimum absolute atomic E-state index is 0.289. The van der Waals surface area contributed by atoms with E-state index < -0.39 is 6.10 Å². The number of aromatic nitrogens is 3. The van der Waals surface area contributed by atoms with Crippen LogP contribution in [0.5, 0.6) is 5.75 Å². The molecule has 5 nitrogen and oxygen atoms in total. The fourth-order valence-electron chi connectivity index (χ4n) is 2.61. The van der Waals surface area contributed by atoms with Crippen molar-refractivity contribution >= 4 is 11.8 Å². The zero-order valence-electron chi connectivity index (χ0n) is 13.4. The first kappa shape index (κ1) is 16.3. The van der Waals surface area contributed by atoms with Crippen LogP contribution in [0, 0.1) is 6.92 Å². The van der Waals surface area contributed by atoms with Crippen LogP contribution in [0.25, 0.3) is 0 Å². The molecule has 1 aliphatic rings. The van der Waals surface area contributed by atoms with Crippen molar-refractivity contribution in [1.29, 1.82) is 0 Å². The monoisotopic (exact) mass is 333 g/mol. The second-order valence-electron chi connectivity index (χ2n) is 5.95. The smallest absolute Gasteiger partial charge is 0.191 e. The van der Waals surface area contributed by atoms with Crippen molar-refractivity contribution in [2.75, 3.05) is 12.4 Å². The van der Waals surface area contributed by atoms with Gasteiger partial charge in [-0.2, -0.15) is 0 Å². The summed E-state index contributed by atoms with van der Waals surface area (Å²) in [6, 6.07) is 7.85. The van der Waals surface area contributed by atoms with E-state index in [0.29, 0.717) is 5.75 Å². The SMILES string of the molecule is Cc1ccc(OCC(O)CSc2nnc3n2CCCCC3)cc1. The van der Waals surface area contributed by atoms with Crippen LogP contribution in [-0.4, -0.2) is 38.3 Å². The summed E-state index contributed by atoms with van der Waals surface area (Å²) < 4.78 is 7.82. The van der Waals surface area contributed by atoms with Gasteiger partial charge in [0.15, 0.2) is 5.16 Å². The molecule has 1 N–H and O–H groups in total. The average Bonchev–Trinajstić information content (AvgIpc) is 2.79. The van der Waals surface area contributed by atoms with Crippen LogP contribution < -0.4 is 4.74 Å². The molecule has 23 heavy (non-hydrogen) atoms. The van der Waals surface area contributed by atoms with Crippen LogP contribution in [0.2, 0.25) is 0 Å². The van der Waals surface area contributed by atoms with Gasteiger partial charge in [0.1, 0.15) is 18.2 Å². The molecule has 0 aliphatic carbocycles. The summed E-state index contributed by atoms with van der Waals surface area (Å²) in [5.41, 5.74) is 1.20. The largest absolute Gasteiger partial charge is 0.491 e. The Balaban J connectivity index is 1.48. The number of benzene rings is 1. The number of thioether (sulfide) groups is 1. The van der Waals surface area contributed by atoms with Gasteiger partial charge in [0.05, 0.1) is 6.10 Å². The van der Waals surface area contributed by atoms with E-state index in [4.69, 9.17) is 4.74 Å². The van der Waals surface area contributed by atoms with Gasteiger partial charge in [-0.05, 0) is 31.9 Å². The molecule has 0 spiro atoms. The van der Waals surface area contributed by atoms with Crippen molar-refractivity contribution in [1.82, 2.24) is 14.8 Å². The number of hydrogen-bond acceptors (Lipinski definition) is 5. The second-order valence-corrected chi connectivity index (χ2v) is 6.94. The van der Waals surface area contributed by atoms with E-state index in [2.05, 4.69) is 14.8 Å². The third-order valence-electron chi connectivity index (χ3n) is 3.94. The first-order valence-corrected chi connectivity index (χ1v) is 9.13. The van der Waals surface area contributed by atoms with Crippen molar-refractivity contribution in [3.05, 3.63) is 35.7 Å². The lowest BCUT2D eigenvalue weighted by molar-refractivity contribution is 0.126. The first-order valence-electron chi connectivity index (χ1n) is 8.15. The van der Waals surface area contributed by atoms with Gasteiger partial charge in [-0.25, -0.2) is 0 Å². The zero-order chi connectivity index (χ0) is 16.1. The summed E-state index contributed by atoms with van der Waals surface area (Å²) >= 11 is 1.56. The molecular weight excluding hydrogens is 310 g/mol. The van der Waals surface area contributed by atoms with Gasteiger partial charge < -0.3 is 14.4 Å². The highest BCUT2D eigenvalue weighted by molar-refractivity contribution is 7.99. The maximum absolute atomic E-state index is 10.1. The van der Waals surface area contributed by atoms with Gasteiger partial charge in [0.2, 0.25) is 0 Å². The van der Waals surface area contributed by atoms with Gasteiger partial charge >= 0.3 is 0 Å². The Kier molecular flexibility index (Phi) is 5.56. The highest BCUT2D eigenvalue weighted by atomic mass is 32.2. The molecular formula is C17H23N3O2S. The quantitative estimate of drug-likeness (QED) is 0.824. The van der Waals surface area contributed by atoms with Crippen LogP contribution in [0.1, 0.15) is 30.7 Å². The number of ether oxygens (including phenoxy) is 1. The van der Waals surface area contributed by atoms with E-state index in [-0.39, 0.29) is 6.61 Å². The molecule has 0 fully saturated rings. The maximum atomic E-state index is 10.1. The van der Waals surface area contributed by atoms with Crippen molar-refractivity contribution in [3.63, 3.8) is 0 Å². The van der Waals surface area contributed by atoms with Crippen LogP contribution in [-0.2, 0) is 13.0 Å². The third-order valence-corrected chi connectivity index (χ3v) is 5.06. The summed E-state index contributed by atoms with van der Waals surface area (Å²) in [5.74, 6) is 2.43. The molecule has 1 atom stereocenters. The number of fused-ring (bicyclic) bond motifs is 1. The average molecular weight is 333 g/mol. The fraction of sp³-hybridized carbons (Fsp3) is 0.529. The van der Waals surface area contributed by atoms with Crippen LogP contribution in [0.3, 0.4) is 0 Å². The lowest BCUT2D eigenvalue weighted by atomic mass is 10.2. The first-order chi connectivity index (χ1) is 11.2. The third kappa shape index (κ3) is 4.48. The number of aliphatic hydroxyl groups is 1. The summed E-state index contributed by atoms with van der Waals surface area (Å²) in [4.78, 5) is 0. The summed E-state index contributed by atoms with van der Waals surface area (Å²) in [5, 5.41) is 19.6. The molecule has 0 amide bonds. The summed E-state index contributed by atoms with van der Waals surface area (Å²) in [6.07, 6.45) is 4.10. The summed E-state index contributed by atoms with van der Waals surface area (Å²) in [6.45, 7) is 3.31. The Bertz CT molecular complexity index is 627. The van der Waals surface area contributed by atoms with Crippen LogP contribution in [0.4, 0.5) is 0 Å². The van der Waals surface area contributed by atoms with Crippen LogP contribution >= 0.6 is 11.8 Å². The molecule has 2 aromatic rings. The van der Waals surface area contributed by atoms with Crippen molar-refractivity contribution in [3.8, 4) is 5.75 Å². The molecule has 6 heteroatoms. The van der Waals surface area contributed by atoms with Crippen molar-refractivity contribution in [2.45, 2.75) is 50.4 Å². The lowest BCUT2D eigenvalue weighted by Gasteiger charge is -2.12. The molecule has 1 aromatic carbocycles. The lowest BCUT2D eigenvalue weighted by Crippen LogP contribution is -2.20. The molecule has 0 saturated carbocycles. The Labute approximate surface area is 141 Å². The maximum Gasteiger partial charge on any atom is 0.191 e. The van der Waals surface area contributed by atoms with Crippen LogP contribution in [0.15, 0.2) is 29.4 Å². The van der Waals surface area contributed by atoms with E-state index in [1.807, 2.05) is 31.2 Å². The summed E-state index contributed by atoms with van der Waals surface area (Å²) in [7, 11) is 0. The normalized spacial score (nSPS) is 15.7. The molecule has 1 aromatic heterocycles. The highest BCUT2D eigenvalue weighted by Crippen LogP contribution is 2.22. The Morgan fingerprint density at radius 1 is 1.22 bits per heavy atom. The zero-order valence-corrected chi connectivity index (χ0v) is 14.3. The molecule has 1 aliphatic heterocycles. The minimum atomic E-state index is -0.528. The number of rotatable bonds is 6. The Morgan fingerprint density at radius 3 is 2.87 bits per heavy atom. The number of nitrogens with zero attached hydrogens (tertiary/aromatic N) is 3. The Morgan fingerprint density at radius 2 is 2.04 bits per heavy atom. The number of aliphatic hydroxyl groups excluding tert-OH is 1. The van der Waals surface area contributed by atoms with Gasteiger partial charge in [0, 0.05) is 18.7 Å². The highest BCUT2D eigenvalue weighted by Gasteiger charge is 2.16. The molecule has 1 unspecified atom stereocenters. The van der Waals surface area contributed by atoms with E-state index in [9.17, 15) is 5.11 Å². The van der Waals surface area contributed by atoms with Gasteiger partial charge in [-0.15, -0.1) is 10.2 Å². The van der Waals surface area contributed by atoms with Crippen molar-refractivity contribution in [2.24, 2.45) is 0 Å². The Hall–Kier alpha value is -1.53. The molecule has 0 radical (unpaired) electrons. The van der Waals surface area contributed by atoms with Gasteiger partial charge in [-0.3, -0.25) is 0 Å². The molecule has 2 heterocycles. The molecule has 124 valence electrons. The standard InChI is InChI=1S/C17H23N3O2S/c1-13-6-8-15(9-7-13)22-11-14(21)12-23-17-19-18-16-5-3-2-4-10-20(16)17/h6-9,14,21H,2-5,10-12H2,1H3. The number of hydrogen-bond donors (Lipinski definition) is 1. The van der Waals surface area contributed by atoms with E-state index in [0.717, 1.165) is 29.7 Å². The molecule has 0 saturated heterocycles. The van der Waals surface area contributed by atoms with Gasteiger partial charge in [0.25, 0.3) is 0 Å². The predicted octanol–water partition coefficient (Wildman–Crippen LogP) is 2.84. The molecule has 3 rings (SSSR count). The van der Waals surface area contributed by atoms with Crippen molar-refractivity contribution < 1.29 is 9.84 Å². The van der Waals surface area contributed by atoms with E-state index >= 15 is 0 Å². The number of aryl methyl sites for hydroxylation is 2.